The van der Waals surface area contributed by atoms with Gasteiger partial charge in [-0.2, -0.15) is 9.78 Å². The molecule has 9 nitrogen and oxygen atoms in total. The first-order valence-electron chi connectivity index (χ1n) is 11.5. The maximum absolute atomic E-state index is 13.3. The summed E-state index contributed by atoms with van der Waals surface area (Å²) in [5, 5.41) is 16.7. The van der Waals surface area contributed by atoms with Gasteiger partial charge in [0.2, 0.25) is 5.75 Å². The predicted octanol–water partition coefficient (Wildman–Crippen LogP) is 5.97. The molecule has 3 aromatic carbocycles. The van der Waals surface area contributed by atoms with Crippen LogP contribution in [0.2, 0.25) is 0 Å². The maximum Gasteiger partial charge on any atom is 0.315 e. The van der Waals surface area contributed by atoms with Crippen molar-refractivity contribution in [3.63, 3.8) is 0 Å². The summed E-state index contributed by atoms with van der Waals surface area (Å²) in [7, 11) is 1.41. The molecule has 0 saturated carbocycles. The Kier molecular flexibility index (Phi) is 7.68. The first-order valence-corrected chi connectivity index (χ1v) is 12.3. The molecule has 0 atom stereocenters. The summed E-state index contributed by atoms with van der Waals surface area (Å²) in [5.74, 6) is 0.567. The van der Waals surface area contributed by atoms with E-state index in [1.54, 1.807) is 18.2 Å². The highest BCUT2D eigenvalue weighted by Crippen LogP contribution is 2.38. The molecular weight excluding hydrogens is 540 g/mol. The minimum atomic E-state index is -0.537. The summed E-state index contributed by atoms with van der Waals surface area (Å²) < 4.78 is 13.2. The zero-order valence-corrected chi connectivity index (χ0v) is 22.4. The van der Waals surface area contributed by atoms with Gasteiger partial charge in [0.05, 0.1) is 29.2 Å². The van der Waals surface area contributed by atoms with Crippen LogP contribution in [0, 0.1) is 17.0 Å². The number of rotatable bonds is 8. The lowest BCUT2D eigenvalue weighted by molar-refractivity contribution is -0.386. The van der Waals surface area contributed by atoms with Crippen LogP contribution in [0.15, 0.2) is 69.0 Å². The van der Waals surface area contributed by atoms with Gasteiger partial charge in [-0.1, -0.05) is 59.6 Å². The van der Waals surface area contributed by atoms with Crippen LogP contribution in [-0.4, -0.2) is 27.9 Å². The van der Waals surface area contributed by atoms with Crippen molar-refractivity contribution in [2.45, 2.75) is 33.3 Å². The Morgan fingerprint density at radius 3 is 2.54 bits per heavy atom. The lowest BCUT2D eigenvalue weighted by Crippen LogP contribution is -2.23. The first kappa shape index (κ1) is 26.0. The van der Waals surface area contributed by atoms with Crippen LogP contribution in [0.1, 0.15) is 42.3 Å². The standard InChI is InChI=1S/C27H25BrN4O5/c1-16(2)26-30-22-10-9-20(28)13-21(22)27(33)31(26)29-14-19-11-23(32(34)35)25(24(12-19)36-4)37-15-18-7-5-17(3)6-8-18/h5-14,16H,15H2,1-4H3. The predicted molar refractivity (Wildman–Crippen MR) is 146 cm³/mol. The Morgan fingerprint density at radius 1 is 1.16 bits per heavy atom. The fraction of sp³-hybridized carbons (Fsp3) is 0.222. The summed E-state index contributed by atoms with van der Waals surface area (Å²) in [4.78, 5) is 29.2. The van der Waals surface area contributed by atoms with Crippen LogP contribution in [0.4, 0.5) is 5.69 Å². The normalized spacial score (nSPS) is 11.4. The Labute approximate surface area is 221 Å². The largest absolute Gasteiger partial charge is 0.493 e. The third-order valence-electron chi connectivity index (χ3n) is 5.65. The van der Waals surface area contributed by atoms with Crippen LogP contribution in [0.5, 0.6) is 11.5 Å². The van der Waals surface area contributed by atoms with Crippen molar-refractivity contribution in [1.29, 1.82) is 0 Å². The average molecular weight is 565 g/mol. The van der Waals surface area contributed by atoms with Crippen molar-refractivity contribution in [1.82, 2.24) is 9.66 Å². The highest BCUT2D eigenvalue weighted by Gasteiger charge is 2.22. The van der Waals surface area contributed by atoms with Crippen molar-refractivity contribution in [3.8, 4) is 11.5 Å². The van der Waals surface area contributed by atoms with E-state index in [0.717, 1.165) is 15.6 Å². The molecule has 0 bridgehead atoms. The summed E-state index contributed by atoms with van der Waals surface area (Å²) in [6.45, 7) is 5.93. The van der Waals surface area contributed by atoms with E-state index in [-0.39, 0.29) is 35.3 Å². The van der Waals surface area contributed by atoms with Crippen LogP contribution in [0.3, 0.4) is 0 Å². The second kappa shape index (κ2) is 10.9. The number of hydrogen-bond acceptors (Lipinski definition) is 7. The van der Waals surface area contributed by atoms with Gasteiger partial charge in [-0.3, -0.25) is 14.9 Å². The zero-order valence-electron chi connectivity index (χ0n) is 20.8. The van der Waals surface area contributed by atoms with E-state index >= 15 is 0 Å². The van der Waals surface area contributed by atoms with Crippen molar-refractivity contribution < 1.29 is 14.4 Å². The van der Waals surface area contributed by atoms with E-state index in [1.165, 1.54) is 24.1 Å². The number of hydrogen-bond donors (Lipinski definition) is 0. The van der Waals surface area contributed by atoms with Gasteiger partial charge in [-0.25, -0.2) is 4.98 Å². The molecule has 1 aromatic heterocycles. The number of methoxy groups -OCH3 is 1. The number of nitro benzene ring substituents is 1. The number of nitrogens with zero attached hydrogens (tertiary/aromatic N) is 4. The van der Waals surface area contributed by atoms with Gasteiger partial charge in [0.25, 0.3) is 5.56 Å². The van der Waals surface area contributed by atoms with Gasteiger partial charge in [-0.05, 0) is 36.8 Å². The number of fused-ring (bicyclic) bond motifs is 1. The summed E-state index contributed by atoms with van der Waals surface area (Å²) in [6.07, 6.45) is 1.37. The Balaban J connectivity index is 1.75. The molecule has 0 aliphatic heterocycles. The molecule has 0 fully saturated rings. The molecule has 0 radical (unpaired) electrons. The number of ether oxygens (including phenoxy) is 2. The van der Waals surface area contributed by atoms with Crippen molar-refractivity contribution in [2.75, 3.05) is 7.11 Å². The molecule has 1 heterocycles. The Hall–Kier alpha value is -4.05. The lowest BCUT2D eigenvalue weighted by atomic mass is 10.1. The number of aryl methyl sites for hydroxylation is 1. The highest BCUT2D eigenvalue weighted by atomic mass is 79.9. The zero-order chi connectivity index (χ0) is 26.7. The molecular formula is C27H25BrN4O5. The van der Waals surface area contributed by atoms with Crippen molar-refractivity contribution in [2.24, 2.45) is 5.10 Å². The third kappa shape index (κ3) is 5.69. The molecule has 4 aromatic rings. The topological polar surface area (TPSA) is 109 Å². The van der Waals surface area contributed by atoms with Gasteiger partial charge >= 0.3 is 5.69 Å². The molecule has 10 heteroatoms. The third-order valence-corrected chi connectivity index (χ3v) is 6.14. The first-order chi connectivity index (χ1) is 17.7. The second-order valence-electron chi connectivity index (χ2n) is 8.75. The van der Waals surface area contributed by atoms with Gasteiger partial charge in [0.1, 0.15) is 12.4 Å². The quantitative estimate of drug-likeness (QED) is 0.148. The van der Waals surface area contributed by atoms with Crippen molar-refractivity contribution >= 4 is 38.7 Å². The van der Waals surface area contributed by atoms with Gasteiger partial charge in [0.15, 0.2) is 5.75 Å². The number of halogens is 1. The van der Waals surface area contributed by atoms with Crippen molar-refractivity contribution in [3.05, 3.63) is 102 Å². The number of aromatic nitrogens is 2. The minimum Gasteiger partial charge on any atom is -0.493 e. The van der Waals surface area contributed by atoms with Crippen LogP contribution < -0.4 is 15.0 Å². The Morgan fingerprint density at radius 2 is 1.89 bits per heavy atom. The van der Waals surface area contributed by atoms with E-state index in [4.69, 9.17) is 9.47 Å². The molecule has 0 aliphatic carbocycles. The molecule has 4 rings (SSSR count). The van der Waals surface area contributed by atoms with E-state index in [9.17, 15) is 14.9 Å². The molecule has 37 heavy (non-hydrogen) atoms. The highest BCUT2D eigenvalue weighted by molar-refractivity contribution is 9.10. The van der Waals surface area contributed by atoms with E-state index < -0.39 is 4.92 Å². The van der Waals surface area contributed by atoms with E-state index in [0.29, 0.717) is 22.3 Å². The Bertz CT molecular complexity index is 1560. The summed E-state index contributed by atoms with van der Waals surface area (Å²) in [6, 6.07) is 15.9. The minimum absolute atomic E-state index is 0.0162. The van der Waals surface area contributed by atoms with Crippen LogP contribution in [-0.2, 0) is 6.61 Å². The molecule has 0 N–H and O–H groups in total. The number of benzene rings is 3. The summed E-state index contributed by atoms with van der Waals surface area (Å²) in [5.41, 5.74) is 2.28. The average Bonchev–Trinajstić information content (AvgIpc) is 2.87. The molecule has 190 valence electrons. The fourth-order valence-corrected chi connectivity index (χ4v) is 4.09. The molecule has 0 aliphatic rings. The molecule has 0 unspecified atom stereocenters. The van der Waals surface area contributed by atoms with E-state index in [1.807, 2.05) is 51.1 Å². The monoisotopic (exact) mass is 564 g/mol. The second-order valence-corrected chi connectivity index (χ2v) is 9.67. The fourth-order valence-electron chi connectivity index (χ4n) is 3.73. The SMILES string of the molecule is COc1cc(C=Nn2c(C(C)C)nc3ccc(Br)cc3c2=O)cc([N+](=O)[O-])c1OCc1ccc(C)cc1. The smallest absolute Gasteiger partial charge is 0.315 e. The lowest BCUT2D eigenvalue weighted by Gasteiger charge is -2.13. The molecule has 0 saturated heterocycles. The van der Waals surface area contributed by atoms with Gasteiger partial charge < -0.3 is 9.47 Å². The molecule has 0 amide bonds. The van der Waals surface area contributed by atoms with Gasteiger partial charge in [-0.15, -0.1) is 0 Å². The summed E-state index contributed by atoms with van der Waals surface area (Å²) >= 11 is 3.39. The van der Waals surface area contributed by atoms with E-state index in [2.05, 4.69) is 26.0 Å². The molecule has 0 spiro atoms. The van der Waals surface area contributed by atoms with Crippen LogP contribution >= 0.6 is 15.9 Å². The maximum atomic E-state index is 13.3. The van der Waals surface area contributed by atoms with Gasteiger partial charge in [0, 0.05) is 22.0 Å². The number of nitro groups is 1. The van der Waals surface area contributed by atoms with Crippen LogP contribution in [0.25, 0.3) is 10.9 Å².